The molecule has 1 aromatic heterocycles. The average molecular weight is 282 g/mol. The van der Waals surface area contributed by atoms with Gasteiger partial charge >= 0.3 is 6.18 Å². The highest BCUT2D eigenvalue weighted by Gasteiger charge is 2.30. The molecule has 1 heterocycles. The quantitative estimate of drug-likeness (QED) is 0.908. The van der Waals surface area contributed by atoms with Gasteiger partial charge in [-0.15, -0.1) is 0 Å². The summed E-state index contributed by atoms with van der Waals surface area (Å²) in [5.41, 5.74) is 5.41. The molecule has 20 heavy (non-hydrogen) atoms. The maximum absolute atomic E-state index is 12.6. The van der Waals surface area contributed by atoms with E-state index in [0.29, 0.717) is 23.0 Å². The van der Waals surface area contributed by atoms with Crippen LogP contribution in [0.3, 0.4) is 0 Å². The van der Waals surface area contributed by atoms with E-state index in [2.05, 4.69) is 15.3 Å². The average Bonchev–Trinajstić information content (AvgIpc) is 2.35. The lowest BCUT2D eigenvalue weighted by Gasteiger charge is -2.10. The normalized spacial score (nSPS) is 11.4. The third-order valence-electron chi connectivity index (χ3n) is 2.59. The Labute approximate surface area is 113 Å². The summed E-state index contributed by atoms with van der Waals surface area (Å²) in [4.78, 5) is 8.01. The van der Waals surface area contributed by atoms with Crippen LogP contribution in [0.5, 0.6) is 0 Å². The zero-order valence-electron chi connectivity index (χ0n) is 10.7. The number of nitrogens with two attached hydrogens (primary N) is 1. The van der Waals surface area contributed by atoms with Crippen molar-refractivity contribution in [1.29, 1.82) is 0 Å². The molecule has 0 unspecified atom stereocenters. The van der Waals surface area contributed by atoms with Crippen LogP contribution < -0.4 is 11.1 Å². The monoisotopic (exact) mass is 282 g/mol. The van der Waals surface area contributed by atoms with Crippen LogP contribution in [0.2, 0.25) is 0 Å². The fraction of sp³-hybridized carbons (Fsp3) is 0.231. The highest BCUT2D eigenvalue weighted by Crippen LogP contribution is 2.29. The number of nitrogen functional groups attached to an aromatic ring is 1. The maximum Gasteiger partial charge on any atom is 0.416 e. The molecule has 3 N–H and O–H groups in total. The molecule has 0 fully saturated rings. The number of rotatable bonds is 3. The van der Waals surface area contributed by atoms with Gasteiger partial charge in [0.25, 0.3) is 0 Å². The highest BCUT2D eigenvalue weighted by atomic mass is 19.4. The first-order chi connectivity index (χ1) is 9.34. The molecule has 106 valence electrons. The van der Waals surface area contributed by atoms with E-state index in [-0.39, 0.29) is 6.54 Å². The maximum atomic E-state index is 12.6. The van der Waals surface area contributed by atoms with Gasteiger partial charge in [0.1, 0.15) is 17.5 Å². The molecule has 0 bridgehead atoms. The van der Waals surface area contributed by atoms with Gasteiger partial charge < -0.3 is 11.1 Å². The van der Waals surface area contributed by atoms with Crippen molar-refractivity contribution in [3.8, 4) is 0 Å². The smallest absolute Gasteiger partial charge is 0.384 e. The Bertz CT molecular complexity index is 591. The lowest BCUT2D eigenvalue weighted by atomic mass is 10.1. The molecule has 0 amide bonds. The molecule has 0 aliphatic rings. The minimum atomic E-state index is -4.34. The molecule has 1 aromatic carbocycles. The Morgan fingerprint density at radius 3 is 2.60 bits per heavy atom. The van der Waals surface area contributed by atoms with Crippen molar-refractivity contribution in [2.75, 3.05) is 11.1 Å². The molecule has 2 aromatic rings. The minimum absolute atomic E-state index is 0.222. The number of aryl methyl sites for hydroxylation is 1. The first-order valence-corrected chi connectivity index (χ1v) is 5.86. The van der Waals surface area contributed by atoms with E-state index in [1.807, 2.05) is 0 Å². The van der Waals surface area contributed by atoms with Crippen LogP contribution in [-0.2, 0) is 12.7 Å². The van der Waals surface area contributed by atoms with Crippen molar-refractivity contribution >= 4 is 11.6 Å². The van der Waals surface area contributed by atoms with Gasteiger partial charge in [-0.3, -0.25) is 0 Å². The number of aromatic nitrogens is 2. The Balaban J connectivity index is 2.11. The lowest BCUT2D eigenvalue weighted by molar-refractivity contribution is -0.137. The van der Waals surface area contributed by atoms with E-state index in [9.17, 15) is 13.2 Å². The third kappa shape index (κ3) is 3.59. The number of hydrogen-bond donors (Lipinski definition) is 2. The van der Waals surface area contributed by atoms with E-state index in [1.165, 1.54) is 12.1 Å². The van der Waals surface area contributed by atoms with Gasteiger partial charge in [0.2, 0.25) is 0 Å². The second kappa shape index (κ2) is 5.36. The zero-order valence-corrected chi connectivity index (χ0v) is 10.7. The van der Waals surface area contributed by atoms with Gasteiger partial charge in [-0.2, -0.15) is 13.2 Å². The summed E-state index contributed by atoms with van der Waals surface area (Å²) in [7, 11) is 0. The van der Waals surface area contributed by atoms with E-state index in [0.717, 1.165) is 12.1 Å². The molecule has 0 radical (unpaired) electrons. The molecule has 0 aliphatic heterocycles. The Hall–Kier alpha value is -2.31. The molecule has 2 rings (SSSR count). The Morgan fingerprint density at radius 2 is 1.95 bits per heavy atom. The van der Waals surface area contributed by atoms with E-state index in [1.54, 1.807) is 13.0 Å². The number of nitrogens with one attached hydrogen (secondary N) is 1. The fourth-order valence-corrected chi connectivity index (χ4v) is 1.73. The largest absolute Gasteiger partial charge is 0.416 e. The van der Waals surface area contributed by atoms with Crippen LogP contribution in [0.15, 0.2) is 30.3 Å². The van der Waals surface area contributed by atoms with Crippen molar-refractivity contribution in [2.24, 2.45) is 0 Å². The van der Waals surface area contributed by atoms with Crippen molar-refractivity contribution in [3.63, 3.8) is 0 Å². The third-order valence-corrected chi connectivity index (χ3v) is 2.59. The SMILES string of the molecule is Cc1nc(N)cc(NCc2cccc(C(F)(F)F)c2)n1. The number of benzene rings is 1. The summed E-state index contributed by atoms with van der Waals surface area (Å²) >= 11 is 0. The topological polar surface area (TPSA) is 63.8 Å². The van der Waals surface area contributed by atoms with Crippen molar-refractivity contribution < 1.29 is 13.2 Å². The molecule has 0 saturated heterocycles. The summed E-state index contributed by atoms with van der Waals surface area (Å²) in [5, 5.41) is 2.92. The van der Waals surface area contributed by atoms with Gasteiger partial charge in [0.05, 0.1) is 5.56 Å². The van der Waals surface area contributed by atoms with Gasteiger partial charge in [-0.1, -0.05) is 12.1 Å². The molecule has 0 atom stereocenters. The molecule has 0 aliphatic carbocycles. The van der Waals surface area contributed by atoms with E-state index < -0.39 is 11.7 Å². The Morgan fingerprint density at radius 1 is 1.20 bits per heavy atom. The molecular formula is C13H13F3N4. The second-order valence-corrected chi connectivity index (χ2v) is 4.28. The number of hydrogen-bond acceptors (Lipinski definition) is 4. The lowest BCUT2D eigenvalue weighted by Crippen LogP contribution is -2.08. The number of anilines is 2. The predicted molar refractivity (Wildman–Crippen MR) is 70.0 cm³/mol. The predicted octanol–water partition coefficient (Wildman–Crippen LogP) is 3.00. The van der Waals surface area contributed by atoms with E-state index in [4.69, 9.17) is 5.73 Å². The van der Waals surface area contributed by atoms with Gasteiger partial charge in [-0.25, -0.2) is 9.97 Å². The van der Waals surface area contributed by atoms with Gasteiger partial charge in [0, 0.05) is 12.6 Å². The van der Waals surface area contributed by atoms with Crippen LogP contribution in [-0.4, -0.2) is 9.97 Å². The summed E-state index contributed by atoms with van der Waals surface area (Å²) in [6.45, 7) is 1.91. The van der Waals surface area contributed by atoms with Crippen LogP contribution in [0.25, 0.3) is 0 Å². The number of halogens is 3. The first-order valence-electron chi connectivity index (χ1n) is 5.86. The first kappa shape index (κ1) is 14.1. The summed E-state index contributed by atoms with van der Waals surface area (Å²) < 4.78 is 37.7. The van der Waals surface area contributed by atoms with Crippen molar-refractivity contribution in [3.05, 3.63) is 47.3 Å². The summed E-state index contributed by atoms with van der Waals surface area (Å²) in [5.74, 6) is 1.29. The number of alkyl halides is 3. The van der Waals surface area contributed by atoms with Crippen LogP contribution >= 0.6 is 0 Å². The molecule has 7 heteroatoms. The summed E-state index contributed by atoms with van der Waals surface area (Å²) in [6.07, 6.45) is -4.34. The standard InChI is InChI=1S/C13H13F3N4/c1-8-19-11(17)6-12(20-8)18-7-9-3-2-4-10(5-9)13(14,15)16/h2-6H,7H2,1H3,(H3,17,18,19,20). The molecular weight excluding hydrogens is 269 g/mol. The molecule has 0 saturated carbocycles. The summed E-state index contributed by atoms with van der Waals surface area (Å²) in [6, 6.07) is 6.65. The fourth-order valence-electron chi connectivity index (χ4n) is 1.73. The zero-order chi connectivity index (χ0) is 14.8. The highest BCUT2D eigenvalue weighted by molar-refractivity contribution is 5.45. The van der Waals surface area contributed by atoms with Gasteiger partial charge in [0.15, 0.2) is 0 Å². The van der Waals surface area contributed by atoms with Crippen LogP contribution in [0.1, 0.15) is 17.0 Å². The molecule has 4 nitrogen and oxygen atoms in total. The minimum Gasteiger partial charge on any atom is -0.384 e. The molecule has 0 spiro atoms. The van der Waals surface area contributed by atoms with Crippen molar-refractivity contribution in [2.45, 2.75) is 19.6 Å². The van der Waals surface area contributed by atoms with E-state index >= 15 is 0 Å². The van der Waals surface area contributed by atoms with Crippen molar-refractivity contribution in [1.82, 2.24) is 9.97 Å². The number of nitrogens with zero attached hydrogens (tertiary/aromatic N) is 2. The second-order valence-electron chi connectivity index (χ2n) is 4.28. The van der Waals surface area contributed by atoms with Crippen LogP contribution in [0.4, 0.5) is 24.8 Å². The Kier molecular flexibility index (Phi) is 3.78. The van der Waals surface area contributed by atoms with Gasteiger partial charge in [-0.05, 0) is 24.6 Å². The van der Waals surface area contributed by atoms with Crippen LogP contribution in [0, 0.1) is 6.92 Å².